The van der Waals surface area contributed by atoms with Gasteiger partial charge in [0.15, 0.2) is 11.7 Å². The summed E-state index contributed by atoms with van der Waals surface area (Å²) < 4.78 is 0. The van der Waals surface area contributed by atoms with Crippen molar-refractivity contribution < 1.29 is 80.8 Å². The van der Waals surface area contributed by atoms with E-state index in [9.17, 15) is 75.7 Å². The lowest BCUT2D eigenvalue weighted by atomic mass is 9.88. The molecule has 16 N–H and O–H groups in total. The highest BCUT2D eigenvalue weighted by Crippen LogP contribution is 2.20. The summed E-state index contributed by atoms with van der Waals surface area (Å²) in [5.41, 5.74) is 5.37. The topological polar surface area (TPSA) is 365 Å². The van der Waals surface area contributed by atoms with Crippen LogP contribution < -0.4 is 11.1 Å². The summed E-state index contributed by atoms with van der Waals surface area (Å²) in [5, 5.41) is 136. The van der Waals surface area contributed by atoms with Gasteiger partial charge < -0.3 is 72.1 Å². The minimum Gasteiger partial charge on any atom is -0.478 e. The van der Waals surface area contributed by atoms with E-state index in [0.717, 1.165) is 12.8 Å². The number of guanidine groups is 1. The fourth-order valence-corrected chi connectivity index (χ4v) is 7.81. The van der Waals surface area contributed by atoms with Crippen LogP contribution in [0.4, 0.5) is 0 Å². The third-order valence-electron chi connectivity index (χ3n) is 13.3. The number of aliphatic hydroxyl groups is 12. The molecule has 85 heavy (non-hydrogen) atoms. The van der Waals surface area contributed by atoms with E-state index in [-0.39, 0.29) is 81.3 Å². The lowest BCUT2D eigenvalue weighted by molar-refractivity contribution is -0.134. The average Bonchev–Trinajstić information content (AvgIpc) is 3.58. The maximum absolute atomic E-state index is 12.8. The van der Waals surface area contributed by atoms with Gasteiger partial charge in [-0.1, -0.05) is 193 Å². The van der Waals surface area contributed by atoms with Crippen LogP contribution in [0.1, 0.15) is 126 Å². The highest BCUT2D eigenvalue weighted by molar-refractivity contribution is 5.98. The highest BCUT2D eigenvalue weighted by atomic mass is 16.4. The number of carboxylic acids is 1. The van der Waals surface area contributed by atoms with Crippen molar-refractivity contribution in [2.75, 3.05) is 6.54 Å². The Balaban J connectivity index is 4.56. The molecular weight excluding hydrogens is 1090 g/mol. The summed E-state index contributed by atoms with van der Waals surface area (Å²) in [6.45, 7) is 12.2. The van der Waals surface area contributed by atoms with Crippen LogP contribution in [0, 0.1) is 23.2 Å². The summed E-state index contributed by atoms with van der Waals surface area (Å²) in [6, 6.07) is 0. The van der Waals surface area contributed by atoms with Crippen molar-refractivity contribution in [3.63, 3.8) is 0 Å². The fraction of sp³-hybridized carbons (Fsp3) is 0.545. The molecule has 0 aliphatic carbocycles. The first-order valence-electron chi connectivity index (χ1n) is 29.3. The number of aliphatic carboxylic acids is 1. The number of carbonyl (C=O) groups is 3. The number of carbonyl (C=O) groups excluding carboxylic acids is 2. The number of Topliss-reactive ketones (excluding diaryl/α,β-unsaturated/α-hetero) is 1. The normalized spacial score (nSPS) is 19.2. The second kappa shape index (κ2) is 46.4. The van der Waals surface area contributed by atoms with Gasteiger partial charge in [0.25, 0.3) is 0 Å². The number of nitrogens with one attached hydrogen (secondary N) is 1. The molecule has 0 aromatic carbocycles. The van der Waals surface area contributed by atoms with E-state index in [1.165, 1.54) is 56.4 Å². The van der Waals surface area contributed by atoms with E-state index in [1.54, 1.807) is 113 Å². The molecule has 0 radical (unpaired) electrons. The van der Waals surface area contributed by atoms with Crippen molar-refractivity contribution in [3.8, 4) is 0 Å². The number of unbranched alkanes of at least 4 members (excludes halogenated alkanes) is 1. The Labute approximate surface area is 504 Å². The second-order valence-electron chi connectivity index (χ2n) is 22.4. The molecule has 0 heterocycles. The fourth-order valence-electron chi connectivity index (χ4n) is 7.81. The maximum Gasteiger partial charge on any atom is 0.331 e. The number of hydrogen-bond acceptors (Lipinski definition) is 16. The molecule has 1 amide bonds. The maximum atomic E-state index is 12.8. The highest BCUT2D eigenvalue weighted by Gasteiger charge is 2.28. The minimum absolute atomic E-state index is 0.00282. The second-order valence-corrected chi connectivity index (χ2v) is 22.4. The number of allylic oxidation sites excluding steroid dienone is 16. The standard InChI is InChI=1S/C66H103N3O16/c1-46(29-21-17-13-12-14-18-22-30-47(2)63(83)84)61(81)48(3)58(78)38-23-19-15-10-8-9-11-16-20-24-39-59(79)49(4)62(82)60(80)45-56(76)36-27-35-54(74)44-57(77)43-53(73)34-26-33-51(71)41-50(70)31-25-32-52(72)42-55(75)37-28-40-68-65(67)69-64(85)66(5,6)7/h8-12,14-16,18-27,29-31,34,36,38-39,46,48-61,70-81H,13,17,28,32-33,35,37,40-45H2,1-7H3,(H,83,84)(H3,67,68,69,85)/b10-8+,11-9+,14-12+,19-15+,20-16+,22-18+,29-21+,31-25+,34-26+,36-27+,38-23+,39-24-,47-30+. The van der Waals surface area contributed by atoms with Crippen molar-refractivity contribution in [2.45, 2.75) is 199 Å². The molecule has 0 fully saturated rings. The Morgan fingerprint density at radius 2 is 0.965 bits per heavy atom. The summed E-state index contributed by atoms with van der Waals surface area (Å²) in [4.78, 5) is 39.6. The number of carboxylic acid groups (broad SMARTS) is 1. The molecule has 0 spiro atoms. The Morgan fingerprint density at radius 3 is 1.48 bits per heavy atom. The summed E-state index contributed by atoms with van der Waals surface area (Å²) in [7, 11) is 0. The van der Waals surface area contributed by atoms with E-state index in [2.05, 4.69) is 10.3 Å². The Kier molecular flexibility index (Phi) is 43.3. The number of rotatable bonds is 43. The number of aliphatic hydroxyl groups excluding tert-OH is 12. The lowest BCUT2D eigenvalue weighted by Crippen LogP contribution is -2.43. The minimum atomic E-state index is -1.57. The number of nitrogens with zero attached hydrogens (tertiary/aromatic N) is 1. The smallest absolute Gasteiger partial charge is 0.331 e. The Hall–Kier alpha value is -5.78. The van der Waals surface area contributed by atoms with Gasteiger partial charge in [-0.3, -0.25) is 19.9 Å². The third-order valence-corrected chi connectivity index (χ3v) is 13.3. The number of aliphatic imine (C=N–C) groups is 1. The van der Waals surface area contributed by atoms with Gasteiger partial charge in [-0.15, -0.1) is 0 Å². The summed E-state index contributed by atoms with van der Waals surface area (Å²) >= 11 is 0. The number of amides is 1. The predicted molar refractivity (Wildman–Crippen MR) is 335 cm³/mol. The Morgan fingerprint density at radius 1 is 0.518 bits per heavy atom. The van der Waals surface area contributed by atoms with Crippen molar-refractivity contribution in [1.82, 2.24) is 5.32 Å². The van der Waals surface area contributed by atoms with Crippen LogP contribution in [-0.2, 0) is 14.4 Å². The van der Waals surface area contributed by atoms with Crippen LogP contribution in [0.2, 0.25) is 0 Å². The molecule has 0 aromatic rings. The molecule has 19 heteroatoms. The van der Waals surface area contributed by atoms with Gasteiger partial charge >= 0.3 is 5.97 Å². The van der Waals surface area contributed by atoms with Crippen LogP contribution in [0.25, 0.3) is 0 Å². The van der Waals surface area contributed by atoms with E-state index >= 15 is 0 Å². The molecule has 15 unspecified atom stereocenters. The molecule has 15 atom stereocenters. The van der Waals surface area contributed by atoms with Crippen molar-refractivity contribution >= 4 is 23.6 Å². The Bertz CT molecular complexity index is 2320. The molecule has 478 valence electrons. The zero-order valence-electron chi connectivity index (χ0n) is 50.8. The van der Waals surface area contributed by atoms with E-state index in [4.69, 9.17) is 10.8 Å². The van der Waals surface area contributed by atoms with Gasteiger partial charge in [0.05, 0.1) is 67.1 Å². The average molecular weight is 1190 g/mol. The van der Waals surface area contributed by atoms with E-state index in [1.807, 2.05) is 31.2 Å². The summed E-state index contributed by atoms with van der Waals surface area (Å²) in [6.07, 6.45) is 31.3. The number of nitrogens with two attached hydrogens (primary N) is 1. The molecule has 0 aliphatic heterocycles. The van der Waals surface area contributed by atoms with Gasteiger partial charge in [0, 0.05) is 54.5 Å². The molecule has 0 aliphatic rings. The van der Waals surface area contributed by atoms with E-state index < -0.39 is 102 Å². The first-order chi connectivity index (χ1) is 40.0. The van der Waals surface area contributed by atoms with Crippen molar-refractivity contribution in [1.29, 1.82) is 0 Å². The molecule has 0 aromatic heterocycles. The van der Waals surface area contributed by atoms with E-state index in [0.29, 0.717) is 12.8 Å². The van der Waals surface area contributed by atoms with Crippen LogP contribution in [0.15, 0.2) is 162 Å². The molecular formula is C66H103N3O16. The lowest BCUT2D eigenvalue weighted by Gasteiger charge is -2.25. The van der Waals surface area contributed by atoms with Crippen molar-refractivity contribution in [3.05, 3.63) is 157 Å². The molecule has 0 rings (SSSR count). The van der Waals surface area contributed by atoms with Crippen LogP contribution >= 0.6 is 0 Å². The predicted octanol–water partition coefficient (Wildman–Crippen LogP) is 5.66. The van der Waals surface area contributed by atoms with Gasteiger partial charge in [-0.05, 0) is 64.7 Å². The van der Waals surface area contributed by atoms with Gasteiger partial charge in [-0.2, -0.15) is 0 Å². The van der Waals surface area contributed by atoms with Gasteiger partial charge in [-0.25, -0.2) is 4.79 Å². The van der Waals surface area contributed by atoms with Gasteiger partial charge in [0.1, 0.15) is 6.10 Å². The van der Waals surface area contributed by atoms with Crippen LogP contribution in [0.5, 0.6) is 0 Å². The monoisotopic (exact) mass is 1190 g/mol. The van der Waals surface area contributed by atoms with Gasteiger partial charge in [0.2, 0.25) is 5.91 Å². The quantitative estimate of drug-likeness (QED) is 0.00874. The first kappa shape index (κ1) is 79.2. The molecule has 0 saturated heterocycles. The zero-order chi connectivity index (χ0) is 64.3. The first-order valence-corrected chi connectivity index (χ1v) is 29.3. The zero-order valence-corrected chi connectivity index (χ0v) is 50.8. The molecule has 0 bridgehead atoms. The largest absolute Gasteiger partial charge is 0.478 e. The van der Waals surface area contributed by atoms with Crippen LogP contribution in [-0.4, -0.2) is 170 Å². The molecule has 0 saturated carbocycles. The number of ketones is 1. The summed E-state index contributed by atoms with van der Waals surface area (Å²) in [5.74, 6) is -3.43. The third kappa shape index (κ3) is 41.8. The molecule has 19 nitrogen and oxygen atoms in total. The van der Waals surface area contributed by atoms with Crippen LogP contribution in [0.3, 0.4) is 0 Å². The SMILES string of the molecule is C\C(=C/C=C/C=C/CC/C=C/C(C)C(O)C(C)C(O)/C=C/C=C/C=C/C=C/C=C/C=C\C(O)C(C)C(=O)C(O)CC(O)/C=C/CC(O)CC(O)CC(O)/C=C/CC(O)CC(O)/C=C/CC(O)CC(O)CCCN=C(N)NC(=O)C(C)(C)C)C(=O)O. The van der Waals surface area contributed by atoms with Crippen molar-refractivity contribution in [2.24, 2.45) is 33.9 Å². The number of hydrogen-bond donors (Lipinski definition) is 15.